The van der Waals surface area contributed by atoms with Crippen molar-refractivity contribution in [2.75, 3.05) is 27.4 Å². The molecule has 17 heavy (non-hydrogen) atoms. The molecular formula is C13H21NO3. The fourth-order valence-corrected chi connectivity index (χ4v) is 1.64. The predicted molar refractivity (Wildman–Crippen MR) is 67.2 cm³/mol. The lowest BCUT2D eigenvalue weighted by atomic mass is 10.1. The van der Waals surface area contributed by atoms with Gasteiger partial charge in [-0.25, -0.2) is 0 Å². The Morgan fingerprint density at radius 1 is 1.18 bits per heavy atom. The number of methoxy groups -OCH3 is 2. The van der Waals surface area contributed by atoms with Gasteiger partial charge in [-0.3, -0.25) is 0 Å². The van der Waals surface area contributed by atoms with Crippen molar-refractivity contribution in [3.63, 3.8) is 0 Å². The maximum absolute atomic E-state index is 5.81. The van der Waals surface area contributed by atoms with Gasteiger partial charge < -0.3 is 19.9 Å². The molecular weight excluding hydrogens is 218 g/mol. The normalized spacial score (nSPS) is 14.4. The Morgan fingerprint density at radius 3 is 2.29 bits per heavy atom. The Balaban J connectivity index is 2.65. The van der Waals surface area contributed by atoms with Crippen LogP contribution in [0.5, 0.6) is 5.75 Å². The Bertz CT molecular complexity index is 313. The van der Waals surface area contributed by atoms with Gasteiger partial charge in [0.05, 0.1) is 25.9 Å². The average Bonchev–Trinajstić information content (AvgIpc) is 2.36. The molecule has 96 valence electrons. The van der Waals surface area contributed by atoms with Crippen LogP contribution in [0.25, 0.3) is 0 Å². The van der Waals surface area contributed by atoms with E-state index in [2.05, 4.69) is 0 Å². The highest BCUT2D eigenvalue weighted by Crippen LogP contribution is 2.21. The highest BCUT2D eigenvalue weighted by atomic mass is 16.5. The van der Waals surface area contributed by atoms with E-state index in [0.717, 1.165) is 11.3 Å². The summed E-state index contributed by atoms with van der Waals surface area (Å²) in [7, 11) is 3.30. The largest absolute Gasteiger partial charge is 0.497 e. The number of ether oxygens (including phenoxy) is 3. The lowest BCUT2D eigenvalue weighted by Crippen LogP contribution is -2.23. The summed E-state index contributed by atoms with van der Waals surface area (Å²) in [6, 6.07) is 7.75. The van der Waals surface area contributed by atoms with Gasteiger partial charge in [0.2, 0.25) is 0 Å². The maximum Gasteiger partial charge on any atom is 0.118 e. The van der Waals surface area contributed by atoms with E-state index in [0.29, 0.717) is 13.2 Å². The molecule has 1 aromatic carbocycles. The van der Waals surface area contributed by atoms with Crippen molar-refractivity contribution in [2.45, 2.75) is 19.1 Å². The average molecular weight is 239 g/mol. The van der Waals surface area contributed by atoms with Gasteiger partial charge in [0, 0.05) is 13.7 Å². The van der Waals surface area contributed by atoms with Crippen molar-refractivity contribution in [3.8, 4) is 5.75 Å². The molecule has 0 saturated carbocycles. The molecule has 0 aromatic heterocycles. The minimum atomic E-state index is -0.106. The van der Waals surface area contributed by atoms with Crippen LogP contribution in [0.1, 0.15) is 18.6 Å². The van der Waals surface area contributed by atoms with Gasteiger partial charge >= 0.3 is 0 Å². The van der Waals surface area contributed by atoms with E-state index in [1.807, 2.05) is 31.2 Å². The molecule has 4 heteroatoms. The number of hydrogen-bond donors (Lipinski definition) is 1. The summed E-state index contributed by atoms with van der Waals surface area (Å²) in [5, 5.41) is 0. The Kier molecular flexibility index (Phi) is 5.97. The zero-order chi connectivity index (χ0) is 12.7. The molecule has 0 saturated heterocycles. The van der Waals surface area contributed by atoms with Crippen LogP contribution in [0.15, 0.2) is 24.3 Å². The Hall–Kier alpha value is -1.10. The number of hydrogen-bond acceptors (Lipinski definition) is 4. The zero-order valence-electron chi connectivity index (χ0n) is 10.7. The fraction of sp³-hybridized carbons (Fsp3) is 0.538. The first-order chi connectivity index (χ1) is 8.21. The third kappa shape index (κ3) is 4.34. The molecule has 0 bridgehead atoms. The van der Waals surface area contributed by atoms with Crippen molar-refractivity contribution >= 4 is 0 Å². The summed E-state index contributed by atoms with van der Waals surface area (Å²) in [4.78, 5) is 0. The Labute approximate surface area is 103 Å². The van der Waals surface area contributed by atoms with Crippen molar-refractivity contribution < 1.29 is 14.2 Å². The van der Waals surface area contributed by atoms with Crippen LogP contribution in [0.4, 0.5) is 0 Å². The van der Waals surface area contributed by atoms with E-state index < -0.39 is 0 Å². The van der Waals surface area contributed by atoms with Crippen LogP contribution in [0.2, 0.25) is 0 Å². The van der Waals surface area contributed by atoms with E-state index in [9.17, 15) is 0 Å². The molecule has 1 aromatic rings. The minimum Gasteiger partial charge on any atom is -0.497 e. The zero-order valence-corrected chi connectivity index (χ0v) is 10.7. The van der Waals surface area contributed by atoms with E-state index >= 15 is 0 Å². The molecule has 0 aliphatic carbocycles. The molecule has 0 heterocycles. The molecule has 0 radical (unpaired) electrons. The molecule has 1 rings (SSSR count). The summed E-state index contributed by atoms with van der Waals surface area (Å²) in [5.41, 5.74) is 6.77. The fourth-order valence-electron chi connectivity index (χ4n) is 1.64. The predicted octanol–water partition coefficient (Wildman–Crippen LogP) is 1.75. The van der Waals surface area contributed by atoms with E-state index in [1.165, 1.54) is 0 Å². The van der Waals surface area contributed by atoms with Crippen molar-refractivity contribution in [2.24, 2.45) is 5.73 Å². The molecule has 2 unspecified atom stereocenters. The second-order valence-corrected chi connectivity index (χ2v) is 3.90. The van der Waals surface area contributed by atoms with Crippen molar-refractivity contribution in [1.29, 1.82) is 0 Å². The van der Waals surface area contributed by atoms with E-state index in [-0.39, 0.29) is 12.2 Å². The molecule has 0 spiro atoms. The summed E-state index contributed by atoms with van der Waals surface area (Å²) in [5.74, 6) is 0.828. The van der Waals surface area contributed by atoms with Gasteiger partial charge in [-0.2, -0.15) is 0 Å². The number of nitrogens with two attached hydrogens (primary N) is 1. The van der Waals surface area contributed by atoms with Gasteiger partial charge in [0.1, 0.15) is 5.75 Å². The van der Waals surface area contributed by atoms with Crippen molar-refractivity contribution in [1.82, 2.24) is 0 Å². The molecule has 2 atom stereocenters. The van der Waals surface area contributed by atoms with E-state index in [1.54, 1.807) is 14.2 Å². The van der Waals surface area contributed by atoms with Gasteiger partial charge in [-0.1, -0.05) is 12.1 Å². The molecule has 0 aliphatic heterocycles. The van der Waals surface area contributed by atoms with Crippen LogP contribution in [0, 0.1) is 0 Å². The SMILES string of the molecule is COCC(C)OC(CN)c1ccc(OC)cc1. The quantitative estimate of drug-likeness (QED) is 0.787. The number of rotatable bonds is 7. The summed E-state index contributed by atoms with van der Waals surface area (Å²) in [6.45, 7) is 2.97. The first-order valence-electron chi connectivity index (χ1n) is 5.69. The van der Waals surface area contributed by atoms with Gasteiger partial charge in [-0.05, 0) is 24.6 Å². The van der Waals surface area contributed by atoms with Gasteiger partial charge in [-0.15, -0.1) is 0 Å². The Morgan fingerprint density at radius 2 is 1.82 bits per heavy atom. The highest BCUT2D eigenvalue weighted by Gasteiger charge is 2.14. The second-order valence-electron chi connectivity index (χ2n) is 3.90. The van der Waals surface area contributed by atoms with Gasteiger partial charge in [0.25, 0.3) is 0 Å². The third-order valence-corrected chi connectivity index (χ3v) is 2.50. The standard InChI is InChI=1S/C13H21NO3/c1-10(9-15-2)17-13(8-14)11-4-6-12(16-3)7-5-11/h4-7,10,13H,8-9,14H2,1-3H3. The summed E-state index contributed by atoms with van der Waals surface area (Å²) >= 11 is 0. The smallest absolute Gasteiger partial charge is 0.118 e. The third-order valence-electron chi connectivity index (χ3n) is 2.50. The van der Waals surface area contributed by atoms with Crippen LogP contribution < -0.4 is 10.5 Å². The number of benzene rings is 1. The molecule has 2 N–H and O–H groups in total. The maximum atomic E-state index is 5.81. The van der Waals surface area contributed by atoms with E-state index in [4.69, 9.17) is 19.9 Å². The lowest BCUT2D eigenvalue weighted by molar-refractivity contribution is -0.0362. The topological polar surface area (TPSA) is 53.7 Å². The summed E-state index contributed by atoms with van der Waals surface area (Å²) in [6.07, 6.45) is -0.0818. The first kappa shape index (κ1) is 14.0. The van der Waals surface area contributed by atoms with Gasteiger partial charge in [0.15, 0.2) is 0 Å². The molecule has 4 nitrogen and oxygen atoms in total. The highest BCUT2D eigenvalue weighted by molar-refractivity contribution is 5.28. The molecule has 0 amide bonds. The summed E-state index contributed by atoms with van der Waals surface area (Å²) < 4.78 is 16.0. The van der Waals surface area contributed by atoms with Crippen molar-refractivity contribution in [3.05, 3.63) is 29.8 Å². The van der Waals surface area contributed by atoms with Crippen LogP contribution in [0.3, 0.4) is 0 Å². The van der Waals surface area contributed by atoms with Crippen LogP contribution >= 0.6 is 0 Å². The van der Waals surface area contributed by atoms with Crippen LogP contribution in [-0.2, 0) is 9.47 Å². The lowest BCUT2D eigenvalue weighted by Gasteiger charge is -2.21. The first-order valence-corrected chi connectivity index (χ1v) is 5.69. The second kappa shape index (κ2) is 7.27. The van der Waals surface area contributed by atoms with Crippen LogP contribution in [-0.4, -0.2) is 33.5 Å². The molecule has 0 aliphatic rings. The molecule has 0 fully saturated rings. The monoisotopic (exact) mass is 239 g/mol. The minimum absolute atomic E-state index is 0.0238.